The van der Waals surface area contributed by atoms with E-state index in [0.29, 0.717) is 5.56 Å². The lowest BCUT2D eigenvalue weighted by Crippen LogP contribution is -2.35. The number of alkyl halides is 1. The van der Waals surface area contributed by atoms with E-state index in [1.165, 1.54) is 24.3 Å². The molecular weight excluding hydrogens is 251 g/mol. The minimum absolute atomic E-state index is 0.371. The van der Waals surface area contributed by atoms with Crippen LogP contribution in [0.15, 0.2) is 24.3 Å². The summed E-state index contributed by atoms with van der Waals surface area (Å²) in [5, 5.41) is -0.705. The molecule has 0 N–H and O–H groups in total. The van der Waals surface area contributed by atoms with E-state index >= 15 is 0 Å². The van der Waals surface area contributed by atoms with Crippen LogP contribution < -0.4 is 0 Å². The first-order chi connectivity index (χ1) is 7.16. The predicted octanol–water partition coefficient (Wildman–Crippen LogP) is 2.93. The third-order valence-electron chi connectivity index (χ3n) is 2.73. The lowest BCUT2D eigenvalue weighted by Gasteiger charge is -2.28. The molecule has 0 bridgehead atoms. The van der Waals surface area contributed by atoms with Gasteiger partial charge in [0.2, 0.25) is 0 Å². The minimum Gasteiger partial charge on any atom is -0.229 e. The Morgan fingerprint density at radius 2 is 1.69 bits per heavy atom. The van der Waals surface area contributed by atoms with Crippen molar-refractivity contribution in [1.82, 2.24) is 0 Å². The van der Waals surface area contributed by atoms with Gasteiger partial charge in [0, 0.05) is 6.26 Å². The van der Waals surface area contributed by atoms with Crippen molar-refractivity contribution in [2.75, 3.05) is 6.26 Å². The molecule has 1 aromatic carbocycles. The molecule has 0 radical (unpaired) electrons. The summed E-state index contributed by atoms with van der Waals surface area (Å²) in [6, 6.07) is 5.53. The van der Waals surface area contributed by atoms with Crippen molar-refractivity contribution >= 4 is 21.4 Å². The van der Waals surface area contributed by atoms with E-state index in [1.807, 2.05) is 0 Å². The van der Waals surface area contributed by atoms with Gasteiger partial charge in [0.25, 0.3) is 0 Å². The number of hydrogen-bond donors (Lipinski definition) is 0. The first kappa shape index (κ1) is 13.5. The highest BCUT2D eigenvalue weighted by Gasteiger charge is 2.38. The van der Waals surface area contributed by atoms with Crippen LogP contribution in [-0.4, -0.2) is 19.4 Å². The van der Waals surface area contributed by atoms with Crippen LogP contribution in [0.4, 0.5) is 4.39 Å². The van der Waals surface area contributed by atoms with Gasteiger partial charge in [-0.25, -0.2) is 12.8 Å². The minimum atomic E-state index is -3.29. The lowest BCUT2D eigenvalue weighted by atomic mass is 10.0. The summed E-state index contributed by atoms with van der Waals surface area (Å²) in [6.07, 6.45) is 1.14. The number of benzene rings is 1. The Kier molecular flexibility index (Phi) is 3.65. The lowest BCUT2D eigenvalue weighted by molar-refractivity contribution is 0.543. The summed E-state index contributed by atoms with van der Waals surface area (Å²) in [5.41, 5.74) is 0.596. The highest BCUT2D eigenvalue weighted by atomic mass is 35.5. The fourth-order valence-electron chi connectivity index (χ4n) is 1.22. The zero-order valence-electron chi connectivity index (χ0n) is 9.37. The van der Waals surface area contributed by atoms with Gasteiger partial charge in [0.05, 0.1) is 10.1 Å². The van der Waals surface area contributed by atoms with Gasteiger partial charge in [-0.1, -0.05) is 12.1 Å². The highest BCUT2D eigenvalue weighted by Crippen LogP contribution is 2.37. The van der Waals surface area contributed by atoms with Gasteiger partial charge < -0.3 is 0 Å². The van der Waals surface area contributed by atoms with Crippen molar-refractivity contribution in [2.45, 2.75) is 24.0 Å². The van der Waals surface area contributed by atoms with E-state index in [-0.39, 0.29) is 5.82 Å². The van der Waals surface area contributed by atoms with Gasteiger partial charge in [0.1, 0.15) is 5.82 Å². The van der Waals surface area contributed by atoms with E-state index < -0.39 is 20.0 Å². The Hall–Kier alpha value is -0.610. The summed E-state index contributed by atoms with van der Waals surface area (Å²) < 4.78 is 34.8. The van der Waals surface area contributed by atoms with Crippen LogP contribution in [-0.2, 0) is 9.84 Å². The van der Waals surface area contributed by atoms with Crippen molar-refractivity contribution in [3.63, 3.8) is 0 Å². The van der Waals surface area contributed by atoms with Gasteiger partial charge in [-0.05, 0) is 31.5 Å². The molecule has 0 fully saturated rings. The molecule has 0 heterocycles. The maximum Gasteiger partial charge on any atom is 0.154 e. The van der Waals surface area contributed by atoms with Crippen LogP contribution in [0.3, 0.4) is 0 Å². The molecule has 2 nitrogen and oxygen atoms in total. The molecule has 0 aliphatic rings. The third-order valence-corrected chi connectivity index (χ3v) is 5.80. The van der Waals surface area contributed by atoms with Crippen molar-refractivity contribution in [2.24, 2.45) is 0 Å². The van der Waals surface area contributed by atoms with Crippen LogP contribution in [0, 0.1) is 5.82 Å². The molecular formula is C11H14ClFO2S. The number of rotatable bonds is 3. The average molecular weight is 265 g/mol. The molecule has 90 valence electrons. The normalized spacial score (nSPS) is 14.8. The summed E-state index contributed by atoms with van der Waals surface area (Å²) in [4.78, 5) is 0. The molecule has 1 unspecified atom stereocenters. The summed E-state index contributed by atoms with van der Waals surface area (Å²) >= 11 is 6.13. The molecule has 0 aliphatic heterocycles. The van der Waals surface area contributed by atoms with E-state index in [9.17, 15) is 12.8 Å². The van der Waals surface area contributed by atoms with E-state index in [4.69, 9.17) is 11.6 Å². The quantitative estimate of drug-likeness (QED) is 0.787. The van der Waals surface area contributed by atoms with Gasteiger partial charge in [-0.3, -0.25) is 0 Å². The van der Waals surface area contributed by atoms with Crippen LogP contribution in [0.25, 0.3) is 0 Å². The zero-order chi connectivity index (χ0) is 12.6. The Bertz CT molecular complexity index is 465. The molecule has 16 heavy (non-hydrogen) atoms. The van der Waals surface area contributed by atoms with Gasteiger partial charge >= 0.3 is 0 Å². The standard InChI is InChI=1S/C11H14ClFO2S/c1-11(2,16(3,14)15)10(12)8-4-6-9(13)7-5-8/h4-7,10H,1-3H3. The van der Waals surface area contributed by atoms with Crippen LogP contribution >= 0.6 is 11.6 Å². The maximum atomic E-state index is 12.7. The Labute approximate surface area is 100 Å². The average Bonchev–Trinajstić information content (AvgIpc) is 2.16. The van der Waals surface area contributed by atoms with E-state index in [0.717, 1.165) is 6.26 Å². The van der Waals surface area contributed by atoms with Gasteiger partial charge in [0.15, 0.2) is 9.84 Å². The van der Waals surface area contributed by atoms with Crippen LogP contribution in [0.2, 0.25) is 0 Å². The smallest absolute Gasteiger partial charge is 0.154 e. The molecule has 0 aromatic heterocycles. The predicted molar refractivity (Wildman–Crippen MR) is 63.9 cm³/mol. The van der Waals surface area contributed by atoms with Gasteiger partial charge in [-0.15, -0.1) is 11.6 Å². The van der Waals surface area contributed by atoms with Crippen molar-refractivity contribution in [3.05, 3.63) is 35.6 Å². The molecule has 0 saturated carbocycles. The number of hydrogen-bond acceptors (Lipinski definition) is 2. The highest BCUT2D eigenvalue weighted by molar-refractivity contribution is 7.92. The Morgan fingerprint density at radius 3 is 2.06 bits per heavy atom. The molecule has 0 spiro atoms. The topological polar surface area (TPSA) is 34.1 Å². The first-order valence-corrected chi connectivity index (χ1v) is 7.08. The summed E-state index contributed by atoms with van der Waals surface area (Å²) in [7, 11) is -3.29. The van der Waals surface area contributed by atoms with Crippen molar-refractivity contribution in [1.29, 1.82) is 0 Å². The first-order valence-electron chi connectivity index (χ1n) is 4.75. The second-order valence-electron chi connectivity index (χ2n) is 4.29. The zero-order valence-corrected chi connectivity index (χ0v) is 10.9. The number of halogens is 2. The Balaban J connectivity index is 3.12. The molecule has 1 atom stereocenters. The largest absolute Gasteiger partial charge is 0.229 e. The number of sulfone groups is 1. The second-order valence-corrected chi connectivity index (χ2v) is 7.32. The molecule has 5 heteroatoms. The summed E-state index contributed by atoms with van der Waals surface area (Å²) in [5.74, 6) is -0.371. The van der Waals surface area contributed by atoms with Crippen LogP contribution in [0.5, 0.6) is 0 Å². The molecule has 0 amide bonds. The fraction of sp³-hybridized carbons (Fsp3) is 0.455. The third kappa shape index (κ3) is 2.55. The second kappa shape index (κ2) is 4.34. The molecule has 0 aliphatic carbocycles. The molecule has 1 aromatic rings. The fourth-order valence-corrected chi connectivity index (χ4v) is 2.36. The molecule has 1 rings (SSSR count). The van der Waals surface area contributed by atoms with Crippen LogP contribution in [0.1, 0.15) is 24.8 Å². The van der Waals surface area contributed by atoms with E-state index in [2.05, 4.69) is 0 Å². The van der Waals surface area contributed by atoms with Gasteiger partial charge in [-0.2, -0.15) is 0 Å². The van der Waals surface area contributed by atoms with Crippen molar-refractivity contribution in [3.8, 4) is 0 Å². The summed E-state index contributed by atoms with van der Waals surface area (Å²) in [6.45, 7) is 3.12. The maximum absolute atomic E-state index is 12.7. The SMILES string of the molecule is CC(C)(C(Cl)c1ccc(F)cc1)S(C)(=O)=O. The van der Waals surface area contributed by atoms with E-state index in [1.54, 1.807) is 13.8 Å². The molecule has 0 saturated heterocycles. The monoisotopic (exact) mass is 264 g/mol. The van der Waals surface area contributed by atoms with Crippen molar-refractivity contribution < 1.29 is 12.8 Å². The Morgan fingerprint density at radius 1 is 1.25 bits per heavy atom.